The van der Waals surface area contributed by atoms with Crippen LogP contribution in [0.1, 0.15) is 44.6 Å². The van der Waals surface area contributed by atoms with Crippen molar-refractivity contribution in [3.63, 3.8) is 0 Å². The fourth-order valence-electron chi connectivity index (χ4n) is 3.37. The Morgan fingerprint density at radius 3 is 2.71 bits per heavy atom. The summed E-state index contributed by atoms with van der Waals surface area (Å²) in [6.45, 7) is 2.26. The first kappa shape index (κ1) is 16.6. The fraction of sp³-hybridized carbons (Fsp3) is 0.556. The molecular formula is C18H24N4O2. The normalized spacial score (nSPS) is 24.7. The zero-order chi connectivity index (χ0) is 16.8. The Labute approximate surface area is 142 Å². The zero-order valence-electron chi connectivity index (χ0n) is 14.0. The molecule has 0 spiro atoms. The molecule has 2 aliphatic rings. The summed E-state index contributed by atoms with van der Waals surface area (Å²) in [5.74, 6) is -0.0630. The largest absolute Gasteiger partial charge is 0.449 e. The van der Waals surface area contributed by atoms with Crippen molar-refractivity contribution >= 4 is 12.3 Å². The van der Waals surface area contributed by atoms with Crippen LogP contribution in [0.2, 0.25) is 0 Å². The number of carbonyl (C=O) groups is 1. The molecular weight excluding hydrogens is 304 g/mol. The average molecular weight is 328 g/mol. The Balaban J connectivity index is 1.58. The van der Waals surface area contributed by atoms with Crippen molar-refractivity contribution in [3.05, 3.63) is 35.9 Å². The summed E-state index contributed by atoms with van der Waals surface area (Å²) in [6.07, 6.45) is 7.08. The molecule has 1 amide bonds. The highest BCUT2D eigenvalue weighted by atomic mass is 16.5. The lowest BCUT2D eigenvalue weighted by atomic mass is 9.81. The summed E-state index contributed by atoms with van der Waals surface area (Å²) in [7, 11) is 0. The van der Waals surface area contributed by atoms with Crippen LogP contribution in [0.3, 0.4) is 0 Å². The van der Waals surface area contributed by atoms with Crippen molar-refractivity contribution in [1.29, 1.82) is 0 Å². The van der Waals surface area contributed by atoms with E-state index in [0.717, 1.165) is 18.4 Å². The van der Waals surface area contributed by atoms with Crippen molar-refractivity contribution in [2.75, 3.05) is 6.61 Å². The van der Waals surface area contributed by atoms with E-state index in [1.807, 2.05) is 37.3 Å². The van der Waals surface area contributed by atoms with E-state index in [-0.39, 0.29) is 24.7 Å². The molecule has 1 N–H and O–H groups in total. The standard InChI is InChI=1S/C18H24N4O2/c1-14(12-24-17(23)20-16-10-6-3-7-11-16)18(13-19-22-21-18)15-8-4-2-5-9-15/h2,4-5,8-9,13-14,16H,3,6-7,10-12H2,1H3,(H,20,23). The van der Waals surface area contributed by atoms with Crippen LogP contribution in [0, 0.1) is 5.92 Å². The van der Waals surface area contributed by atoms with Gasteiger partial charge in [0.15, 0.2) is 5.54 Å². The minimum atomic E-state index is -0.660. The van der Waals surface area contributed by atoms with Gasteiger partial charge in [0.2, 0.25) is 0 Å². The minimum absolute atomic E-state index is 0.0630. The molecule has 1 aliphatic heterocycles. The van der Waals surface area contributed by atoms with Gasteiger partial charge >= 0.3 is 6.09 Å². The molecule has 1 aromatic carbocycles. The third-order valence-corrected chi connectivity index (χ3v) is 4.90. The number of hydrogen-bond acceptors (Lipinski definition) is 5. The van der Waals surface area contributed by atoms with Crippen LogP contribution in [0.4, 0.5) is 4.79 Å². The van der Waals surface area contributed by atoms with Crippen molar-refractivity contribution in [3.8, 4) is 0 Å². The van der Waals surface area contributed by atoms with Crippen molar-refractivity contribution < 1.29 is 9.53 Å². The molecule has 3 rings (SSSR count). The van der Waals surface area contributed by atoms with Gasteiger partial charge in [-0.15, -0.1) is 5.10 Å². The van der Waals surface area contributed by atoms with E-state index in [4.69, 9.17) is 4.74 Å². The predicted octanol–water partition coefficient (Wildman–Crippen LogP) is 4.03. The van der Waals surface area contributed by atoms with E-state index in [1.54, 1.807) is 6.21 Å². The van der Waals surface area contributed by atoms with Crippen LogP contribution in [0.5, 0.6) is 0 Å². The van der Waals surface area contributed by atoms with Gasteiger partial charge in [0.25, 0.3) is 0 Å². The summed E-state index contributed by atoms with van der Waals surface area (Å²) >= 11 is 0. The summed E-state index contributed by atoms with van der Waals surface area (Å²) in [4.78, 5) is 12.1. The minimum Gasteiger partial charge on any atom is -0.449 e. The third kappa shape index (κ3) is 3.63. The molecule has 2 atom stereocenters. The highest BCUT2D eigenvalue weighted by Gasteiger charge is 2.40. The lowest BCUT2D eigenvalue weighted by molar-refractivity contribution is 0.113. The van der Waals surface area contributed by atoms with Gasteiger partial charge in [-0.1, -0.05) is 56.5 Å². The number of rotatable bonds is 5. The third-order valence-electron chi connectivity index (χ3n) is 4.90. The van der Waals surface area contributed by atoms with Gasteiger partial charge in [0, 0.05) is 12.0 Å². The van der Waals surface area contributed by atoms with Gasteiger partial charge < -0.3 is 10.1 Å². The molecule has 6 nitrogen and oxygen atoms in total. The van der Waals surface area contributed by atoms with E-state index >= 15 is 0 Å². The van der Waals surface area contributed by atoms with Gasteiger partial charge in [0.05, 0.1) is 12.8 Å². The summed E-state index contributed by atoms with van der Waals surface area (Å²) in [5.41, 5.74) is 0.339. The number of nitrogens with zero attached hydrogens (tertiary/aromatic N) is 3. The van der Waals surface area contributed by atoms with E-state index < -0.39 is 5.54 Å². The van der Waals surface area contributed by atoms with Gasteiger partial charge in [-0.2, -0.15) is 5.11 Å². The van der Waals surface area contributed by atoms with Crippen LogP contribution in [-0.4, -0.2) is 25.0 Å². The zero-order valence-corrected chi connectivity index (χ0v) is 14.0. The summed E-state index contributed by atoms with van der Waals surface area (Å²) in [6, 6.07) is 10.1. The van der Waals surface area contributed by atoms with Gasteiger partial charge in [-0.3, -0.25) is 0 Å². The molecule has 6 heteroatoms. The SMILES string of the molecule is CC(COC(=O)NC1CCCCC1)C1(c2ccccc2)C=NN=N1. The van der Waals surface area contributed by atoms with Gasteiger partial charge in [0.1, 0.15) is 0 Å². The lowest BCUT2D eigenvalue weighted by Crippen LogP contribution is -2.39. The number of ether oxygens (including phenoxy) is 1. The summed E-state index contributed by atoms with van der Waals surface area (Å²) in [5, 5.41) is 15.0. The first-order valence-corrected chi connectivity index (χ1v) is 8.66. The molecule has 1 saturated carbocycles. The number of nitrogens with one attached hydrogen (secondary N) is 1. The van der Waals surface area contributed by atoms with Crippen LogP contribution < -0.4 is 5.32 Å². The smallest absolute Gasteiger partial charge is 0.407 e. The number of alkyl carbamates (subject to hydrolysis) is 1. The van der Waals surface area contributed by atoms with E-state index in [0.29, 0.717) is 0 Å². The molecule has 2 unspecified atom stereocenters. The van der Waals surface area contributed by atoms with E-state index in [9.17, 15) is 4.79 Å². The fourth-order valence-corrected chi connectivity index (χ4v) is 3.37. The van der Waals surface area contributed by atoms with Gasteiger partial charge in [-0.25, -0.2) is 4.79 Å². The molecule has 0 aromatic heterocycles. The molecule has 128 valence electrons. The Hall–Kier alpha value is -2.24. The number of hydrogen-bond donors (Lipinski definition) is 1. The molecule has 0 bridgehead atoms. The second-order valence-electron chi connectivity index (χ2n) is 6.60. The van der Waals surface area contributed by atoms with E-state index in [2.05, 4.69) is 20.8 Å². The van der Waals surface area contributed by atoms with Crippen LogP contribution >= 0.6 is 0 Å². The van der Waals surface area contributed by atoms with Crippen LogP contribution in [0.25, 0.3) is 0 Å². The van der Waals surface area contributed by atoms with Crippen LogP contribution in [-0.2, 0) is 10.3 Å². The number of carbonyl (C=O) groups excluding carboxylic acids is 1. The number of benzene rings is 1. The second-order valence-corrected chi connectivity index (χ2v) is 6.60. The van der Waals surface area contributed by atoms with Crippen molar-refractivity contribution in [1.82, 2.24) is 5.32 Å². The van der Waals surface area contributed by atoms with Gasteiger partial charge in [-0.05, 0) is 23.6 Å². The first-order valence-electron chi connectivity index (χ1n) is 8.66. The Morgan fingerprint density at radius 1 is 1.29 bits per heavy atom. The highest BCUT2D eigenvalue weighted by Crippen LogP contribution is 2.35. The maximum atomic E-state index is 12.1. The van der Waals surface area contributed by atoms with Crippen molar-refractivity contribution in [2.45, 2.75) is 50.6 Å². The molecule has 0 saturated heterocycles. The Morgan fingerprint density at radius 2 is 2.04 bits per heavy atom. The first-order chi connectivity index (χ1) is 11.7. The molecule has 1 heterocycles. The quantitative estimate of drug-likeness (QED) is 0.886. The topological polar surface area (TPSA) is 75.4 Å². The van der Waals surface area contributed by atoms with E-state index in [1.165, 1.54) is 19.3 Å². The molecule has 1 fully saturated rings. The number of amides is 1. The highest BCUT2D eigenvalue weighted by molar-refractivity contribution is 5.75. The monoisotopic (exact) mass is 328 g/mol. The predicted molar refractivity (Wildman–Crippen MR) is 92.0 cm³/mol. The second kappa shape index (κ2) is 7.55. The Bertz CT molecular complexity index is 597. The van der Waals surface area contributed by atoms with Crippen molar-refractivity contribution in [2.24, 2.45) is 21.4 Å². The maximum absolute atomic E-state index is 12.1. The lowest BCUT2D eigenvalue weighted by Gasteiger charge is -2.29. The molecule has 1 aromatic rings. The Kier molecular flexibility index (Phi) is 5.23. The average Bonchev–Trinajstić information content (AvgIpc) is 3.12. The molecule has 24 heavy (non-hydrogen) atoms. The molecule has 1 aliphatic carbocycles. The van der Waals surface area contributed by atoms with Crippen LogP contribution in [0.15, 0.2) is 45.8 Å². The molecule has 0 radical (unpaired) electrons. The summed E-state index contributed by atoms with van der Waals surface area (Å²) < 4.78 is 5.45. The maximum Gasteiger partial charge on any atom is 0.407 e.